The van der Waals surface area contributed by atoms with Crippen LogP contribution in [-0.4, -0.2) is 16.8 Å². The van der Waals surface area contributed by atoms with Gasteiger partial charge in [-0.25, -0.2) is 0 Å². The van der Waals surface area contributed by atoms with E-state index in [4.69, 9.17) is 4.74 Å². The molecule has 18 heavy (non-hydrogen) atoms. The molecule has 1 aromatic carbocycles. The van der Waals surface area contributed by atoms with Crippen LogP contribution in [0, 0.1) is 0 Å². The molecule has 0 radical (unpaired) electrons. The first-order valence-electron chi connectivity index (χ1n) is 5.62. The minimum atomic E-state index is 0.627. The van der Waals surface area contributed by atoms with Crippen molar-refractivity contribution in [3.63, 3.8) is 0 Å². The van der Waals surface area contributed by atoms with Crippen molar-refractivity contribution in [1.29, 1.82) is 0 Å². The van der Waals surface area contributed by atoms with E-state index in [1.54, 1.807) is 11.8 Å². The van der Waals surface area contributed by atoms with E-state index in [2.05, 4.69) is 41.0 Å². The Labute approximate surface area is 115 Å². The van der Waals surface area contributed by atoms with Crippen LogP contribution in [0.4, 0.5) is 0 Å². The molecule has 1 heterocycles. The number of benzene rings is 1. The van der Waals surface area contributed by atoms with Gasteiger partial charge in [-0.05, 0) is 29.4 Å². The van der Waals surface area contributed by atoms with E-state index < -0.39 is 0 Å². The molecule has 2 rings (SSSR count). The van der Waals surface area contributed by atoms with Crippen molar-refractivity contribution >= 4 is 29.2 Å². The molecule has 0 bridgehead atoms. The molecule has 0 aliphatic carbocycles. The van der Waals surface area contributed by atoms with Crippen LogP contribution < -0.4 is 4.74 Å². The Bertz CT molecular complexity index is 508. The summed E-state index contributed by atoms with van der Waals surface area (Å²) in [6.07, 6.45) is 1.84. The van der Waals surface area contributed by atoms with Gasteiger partial charge in [0.25, 0.3) is 5.19 Å². The zero-order valence-electron chi connectivity index (χ0n) is 10.1. The van der Waals surface area contributed by atoms with Gasteiger partial charge in [-0.2, -0.15) is 0 Å². The molecule has 94 valence electrons. The van der Waals surface area contributed by atoms with E-state index >= 15 is 0 Å². The number of thioether (sulfide) groups is 1. The van der Waals surface area contributed by atoms with Gasteiger partial charge in [0.15, 0.2) is 4.34 Å². The van der Waals surface area contributed by atoms with Gasteiger partial charge in [0.1, 0.15) is 0 Å². The van der Waals surface area contributed by atoms with Crippen molar-refractivity contribution in [3.8, 4) is 5.19 Å². The second kappa shape index (κ2) is 6.56. The second-order valence-corrected chi connectivity index (χ2v) is 5.66. The molecule has 0 saturated heterocycles. The summed E-state index contributed by atoms with van der Waals surface area (Å²) in [5, 5.41) is 8.67. The number of aromatic nitrogens is 2. The third-order valence-electron chi connectivity index (χ3n) is 2.23. The van der Waals surface area contributed by atoms with E-state index in [1.807, 2.05) is 13.0 Å². The molecular weight excluding hydrogens is 264 g/mol. The zero-order valence-corrected chi connectivity index (χ0v) is 11.8. The number of rotatable bonds is 6. The fourth-order valence-electron chi connectivity index (χ4n) is 1.33. The van der Waals surface area contributed by atoms with Crippen LogP contribution in [0.3, 0.4) is 0 Å². The largest absolute Gasteiger partial charge is 0.469 e. The molecule has 1 aromatic heterocycles. The normalized spacial score (nSPS) is 10.3. The molecule has 3 nitrogen and oxygen atoms in total. The summed E-state index contributed by atoms with van der Waals surface area (Å²) >= 11 is 3.16. The first-order valence-corrected chi connectivity index (χ1v) is 7.42. The Kier molecular flexibility index (Phi) is 4.78. The average molecular weight is 278 g/mol. The van der Waals surface area contributed by atoms with Crippen LogP contribution in [-0.2, 0) is 5.75 Å². The van der Waals surface area contributed by atoms with Crippen LogP contribution in [0.15, 0.2) is 35.2 Å². The molecule has 0 spiro atoms. The molecule has 0 aliphatic heterocycles. The van der Waals surface area contributed by atoms with E-state index in [0.29, 0.717) is 11.8 Å². The number of nitrogens with zero attached hydrogens (tertiary/aromatic N) is 2. The van der Waals surface area contributed by atoms with Crippen molar-refractivity contribution in [3.05, 3.63) is 42.0 Å². The highest BCUT2D eigenvalue weighted by molar-refractivity contribution is 8.00. The molecule has 0 aliphatic rings. The van der Waals surface area contributed by atoms with Gasteiger partial charge in [0.2, 0.25) is 0 Å². The van der Waals surface area contributed by atoms with Crippen LogP contribution in [0.1, 0.15) is 18.1 Å². The Morgan fingerprint density at radius 3 is 2.78 bits per heavy atom. The highest BCUT2D eigenvalue weighted by Crippen LogP contribution is 2.29. The minimum absolute atomic E-state index is 0.627. The number of hydrogen-bond donors (Lipinski definition) is 0. The summed E-state index contributed by atoms with van der Waals surface area (Å²) in [4.78, 5) is 0. The van der Waals surface area contributed by atoms with E-state index in [1.165, 1.54) is 16.9 Å². The topological polar surface area (TPSA) is 35.0 Å². The van der Waals surface area contributed by atoms with Gasteiger partial charge < -0.3 is 4.74 Å². The Hall–Kier alpha value is -1.33. The lowest BCUT2D eigenvalue weighted by molar-refractivity contribution is 0.335. The standard InChI is InChI=1S/C13H14N2OS2/c1-3-10-5-7-11(8-6-10)9-17-13-15-14-12(18-13)16-4-2/h3,5-8H,1,4,9H2,2H3. The predicted octanol–water partition coefficient (Wildman–Crippen LogP) is 3.87. The fraction of sp³-hybridized carbons (Fsp3) is 0.231. The summed E-state index contributed by atoms with van der Waals surface area (Å²) in [5.74, 6) is 0.887. The molecule has 0 amide bonds. The van der Waals surface area contributed by atoms with Gasteiger partial charge in [-0.15, -0.1) is 5.10 Å². The van der Waals surface area contributed by atoms with Gasteiger partial charge in [0, 0.05) is 5.75 Å². The molecule has 5 heteroatoms. The highest BCUT2D eigenvalue weighted by atomic mass is 32.2. The summed E-state index contributed by atoms with van der Waals surface area (Å²) in [7, 11) is 0. The highest BCUT2D eigenvalue weighted by Gasteiger charge is 2.05. The van der Waals surface area contributed by atoms with Crippen LogP contribution in [0.5, 0.6) is 5.19 Å². The van der Waals surface area contributed by atoms with Crippen LogP contribution in [0.25, 0.3) is 6.08 Å². The lowest BCUT2D eigenvalue weighted by Gasteiger charge is -1.99. The first-order chi connectivity index (χ1) is 8.81. The monoisotopic (exact) mass is 278 g/mol. The maximum atomic E-state index is 5.29. The van der Waals surface area contributed by atoms with Crippen molar-refractivity contribution in [2.24, 2.45) is 0 Å². The number of hydrogen-bond acceptors (Lipinski definition) is 5. The SMILES string of the molecule is C=Cc1ccc(CSc2nnc(OCC)s2)cc1. The minimum Gasteiger partial charge on any atom is -0.469 e. The molecule has 0 atom stereocenters. The maximum Gasteiger partial charge on any atom is 0.294 e. The zero-order chi connectivity index (χ0) is 12.8. The predicted molar refractivity (Wildman–Crippen MR) is 77.2 cm³/mol. The Balaban J connectivity index is 1.91. The van der Waals surface area contributed by atoms with E-state index in [0.717, 1.165) is 15.7 Å². The summed E-state index contributed by atoms with van der Waals surface area (Å²) in [5.41, 5.74) is 2.40. The summed E-state index contributed by atoms with van der Waals surface area (Å²) in [6, 6.07) is 8.34. The van der Waals surface area contributed by atoms with E-state index in [9.17, 15) is 0 Å². The lowest BCUT2D eigenvalue weighted by atomic mass is 10.1. The lowest BCUT2D eigenvalue weighted by Crippen LogP contribution is -1.89. The van der Waals surface area contributed by atoms with Crippen LogP contribution in [0.2, 0.25) is 0 Å². The van der Waals surface area contributed by atoms with Gasteiger partial charge >= 0.3 is 0 Å². The Morgan fingerprint density at radius 1 is 1.33 bits per heavy atom. The first kappa shape index (κ1) is 13.1. The summed E-state index contributed by atoms with van der Waals surface area (Å²) in [6.45, 7) is 6.31. The van der Waals surface area contributed by atoms with Crippen molar-refractivity contribution < 1.29 is 4.74 Å². The average Bonchev–Trinajstić information content (AvgIpc) is 2.85. The smallest absolute Gasteiger partial charge is 0.294 e. The molecule has 0 unspecified atom stereocenters. The second-order valence-electron chi connectivity index (χ2n) is 3.50. The number of ether oxygens (including phenoxy) is 1. The fourth-order valence-corrected chi connectivity index (χ4v) is 3.03. The van der Waals surface area contributed by atoms with Gasteiger partial charge in [-0.1, -0.05) is 53.8 Å². The van der Waals surface area contributed by atoms with Gasteiger partial charge in [-0.3, -0.25) is 0 Å². The maximum absolute atomic E-state index is 5.29. The molecule has 0 N–H and O–H groups in total. The van der Waals surface area contributed by atoms with Crippen molar-refractivity contribution in [1.82, 2.24) is 10.2 Å². The quantitative estimate of drug-likeness (QED) is 0.751. The van der Waals surface area contributed by atoms with Crippen LogP contribution >= 0.6 is 23.1 Å². The van der Waals surface area contributed by atoms with Crippen molar-refractivity contribution in [2.75, 3.05) is 6.61 Å². The van der Waals surface area contributed by atoms with Crippen molar-refractivity contribution in [2.45, 2.75) is 17.0 Å². The third kappa shape index (κ3) is 3.58. The summed E-state index contributed by atoms with van der Waals surface area (Å²) < 4.78 is 6.23. The molecular formula is C13H14N2OS2. The molecule has 0 fully saturated rings. The Morgan fingerprint density at radius 2 is 2.11 bits per heavy atom. The molecule has 2 aromatic rings. The third-order valence-corrected chi connectivity index (χ3v) is 4.27. The molecule has 0 saturated carbocycles. The van der Waals surface area contributed by atoms with E-state index in [-0.39, 0.29) is 0 Å². The van der Waals surface area contributed by atoms with Gasteiger partial charge in [0.05, 0.1) is 6.61 Å².